The number of likely N-dealkylation sites (tertiary alicyclic amines) is 1. The highest BCUT2D eigenvalue weighted by atomic mass is 16.2. The first kappa shape index (κ1) is 17.5. The molecule has 4 nitrogen and oxygen atoms in total. The lowest BCUT2D eigenvalue weighted by Crippen LogP contribution is -2.38. The number of aryl methyl sites for hydroxylation is 1. The van der Waals surface area contributed by atoms with Gasteiger partial charge < -0.3 is 4.90 Å². The van der Waals surface area contributed by atoms with Gasteiger partial charge in [-0.3, -0.25) is 9.59 Å². The van der Waals surface area contributed by atoms with Crippen LogP contribution in [0.1, 0.15) is 30.9 Å². The van der Waals surface area contributed by atoms with Crippen molar-refractivity contribution in [1.82, 2.24) is 4.90 Å². The lowest BCUT2D eigenvalue weighted by atomic mass is 9.97. The molecule has 0 atom stereocenters. The average molecular weight is 360 g/mol. The van der Waals surface area contributed by atoms with Gasteiger partial charge in [0, 0.05) is 13.1 Å². The Hall–Kier alpha value is -2.88. The van der Waals surface area contributed by atoms with Crippen LogP contribution in [0.5, 0.6) is 0 Å². The summed E-state index contributed by atoms with van der Waals surface area (Å²) in [5.41, 5.74) is 3.47. The largest absolute Gasteiger partial charge is 0.366 e. The number of amides is 2. The topological polar surface area (TPSA) is 40.6 Å². The van der Waals surface area contributed by atoms with E-state index in [1.807, 2.05) is 61.5 Å². The van der Waals surface area contributed by atoms with Gasteiger partial charge in [0.05, 0.1) is 11.3 Å². The minimum absolute atomic E-state index is 0.206. The van der Waals surface area contributed by atoms with Crippen LogP contribution in [0, 0.1) is 12.8 Å². The van der Waals surface area contributed by atoms with Gasteiger partial charge in [-0.1, -0.05) is 55.5 Å². The van der Waals surface area contributed by atoms with Crippen molar-refractivity contribution < 1.29 is 9.59 Å². The lowest BCUT2D eigenvalue weighted by Gasteiger charge is -2.32. The predicted octanol–water partition coefficient (Wildman–Crippen LogP) is 4.01. The molecule has 2 aromatic carbocycles. The Morgan fingerprint density at radius 1 is 0.852 bits per heavy atom. The Morgan fingerprint density at radius 3 is 2.15 bits per heavy atom. The van der Waals surface area contributed by atoms with Crippen molar-refractivity contribution in [3.05, 3.63) is 71.4 Å². The Bertz CT molecular complexity index is 909. The number of carbonyl (C=O) groups is 2. The molecule has 0 aliphatic carbocycles. The van der Waals surface area contributed by atoms with E-state index in [1.165, 1.54) is 4.90 Å². The maximum absolute atomic E-state index is 13.4. The summed E-state index contributed by atoms with van der Waals surface area (Å²) in [6.07, 6.45) is 2.08. The molecule has 0 radical (unpaired) electrons. The summed E-state index contributed by atoms with van der Waals surface area (Å²) in [4.78, 5) is 30.3. The molecule has 2 aliphatic heterocycles. The molecule has 138 valence electrons. The maximum atomic E-state index is 13.4. The quantitative estimate of drug-likeness (QED) is 0.777. The molecule has 0 aromatic heterocycles. The number of nitrogens with zero attached hydrogens (tertiary/aromatic N) is 2. The number of piperidine rings is 1. The van der Waals surface area contributed by atoms with Crippen LogP contribution in [0.25, 0.3) is 5.57 Å². The summed E-state index contributed by atoms with van der Waals surface area (Å²) in [5.74, 6) is 0.221. The molecule has 0 N–H and O–H groups in total. The Kier molecular flexibility index (Phi) is 4.56. The molecular formula is C23H24N2O2. The van der Waals surface area contributed by atoms with Crippen molar-refractivity contribution in [2.24, 2.45) is 5.92 Å². The third kappa shape index (κ3) is 3.05. The molecule has 2 amide bonds. The number of carbonyl (C=O) groups excluding carboxylic acids is 2. The number of hydrogen-bond donors (Lipinski definition) is 0. The zero-order valence-electron chi connectivity index (χ0n) is 15.8. The van der Waals surface area contributed by atoms with Crippen LogP contribution in [-0.2, 0) is 9.59 Å². The second kappa shape index (κ2) is 7.03. The summed E-state index contributed by atoms with van der Waals surface area (Å²) in [6, 6.07) is 17.1. The number of para-hydroxylation sites is 1. The SMILES string of the molecule is Cc1ccccc1N1C(=O)C(c2ccccc2)=C(N2CCC(C)CC2)C1=O. The number of rotatable bonds is 3. The third-order valence-electron chi connectivity index (χ3n) is 5.58. The molecule has 0 unspecified atom stereocenters. The molecule has 27 heavy (non-hydrogen) atoms. The van der Waals surface area contributed by atoms with Gasteiger partial charge in [0.2, 0.25) is 0 Å². The second-order valence-electron chi connectivity index (χ2n) is 7.49. The predicted molar refractivity (Wildman–Crippen MR) is 107 cm³/mol. The number of imide groups is 1. The minimum atomic E-state index is -0.228. The molecule has 1 saturated heterocycles. The van der Waals surface area contributed by atoms with Gasteiger partial charge >= 0.3 is 0 Å². The average Bonchev–Trinajstić information content (AvgIpc) is 2.94. The zero-order valence-corrected chi connectivity index (χ0v) is 15.8. The van der Waals surface area contributed by atoms with Crippen LogP contribution >= 0.6 is 0 Å². The van der Waals surface area contributed by atoms with Gasteiger partial charge in [0.15, 0.2) is 0 Å². The Morgan fingerprint density at radius 2 is 1.48 bits per heavy atom. The monoisotopic (exact) mass is 360 g/mol. The van der Waals surface area contributed by atoms with Crippen LogP contribution < -0.4 is 4.90 Å². The zero-order chi connectivity index (χ0) is 19.0. The second-order valence-corrected chi connectivity index (χ2v) is 7.49. The molecular weight excluding hydrogens is 336 g/mol. The highest BCUT2D eigenvalue weighted by Gasteiger charge is 2.43. The van der Waals surface area contributed by atoms with Gasteiger partial charge in [0.25, 0.3) is 11.8 Å². The van der Waals surface area contributed by atoms with Crippen LogP contribution in [0.2, 0.25) is 0 Å². The number of hydrogen-bond acceptors (Lipinski definition) is 3. The van der Waals surface area contributed by atoms with E-state index in [0.29, 0.717) is 22.9 Å². The van der Waals surface area contributed by atoms with Crippen LogP contribution in [0.15, 0.2) is 60.3 Å². The van der Waals surface area contributed by atoms with Crippen molar-refractivity contribution in [3.63, 3.8) is 0 Å². The van der Waals surface area contributed by atoms with E-state index in [1.54, 1.807) is 0 Å². The van der Waals surface area contributed by atoms with Crippen LogP contribution in [-0.4, -0.2) is 29.8 Å². The molecule has 4 rings (SSSR count). The first-order chi connectivity index (χ1) is 13.1. The summed E-state index contributed by atoms with van der Waals surface area (Å²) < 4.78 is 0. The molecule has 2 aromatic rings. The molecule has 2 aliphatic rings. The summed E-state index contributed by atoms with van der Waals surface area (Å²) in [7, 11) is 0. The molecule has 0 spiro atoms. The van der Waals surface area contributed by atoms with E-state index in [4.69, 9.17) is 0 Å². The van der Waals surface area contributed by atoms with E-state index >= 15 is 0 Å². The molecule has 0 saturated carbocycles. The fourth-order valence-electron chi connectivity index (χ4n) is 3.94. The molecule has 4 heteroatoms. The van der Waals surface area contributed by atoms with Crippen molar-refractivity contribution in [2.45, 2.75) is 26.7 Å². The summed E-state index contributed by atoms with van der Waals surface area (Å²) in [6.45, 7) is 5.80. The highest BCUT2D eigenvalue weighted by molar-refractivity contribution is 6.45. The van der Waals surface area contributed by atoms with Gasteiger partial charge in [-0.05, 0) is 42.9 Å². The van der Waals surface area contributed by atoms with Crippen molar-refractivity contribution in [2.75, 3.05) is 18.0 Å². The van der Waals surface area contributed by atoms with Crippen LogP contribution in [0.4, 0.5) is 5.69 Å². The normalized spacial score (nSPS) is 18.6. The molecule has 1 fully saturated rings. The summed E-state index contributed by atoms with van der Waals surface area (Å²) in [5, 5.41) is 0. The maximum Gasteiger partial charge on any atom is 0.282 e. The Balaban J connectivity index is 1.82. The van der Waals surface area contributed by atoms with E-state index < -0.39 is 0 Å². The number of anilines is 1. The highest BCUT2D eigenvalue weighted by Crippen LogP contribution is 2.37. The first-order valence-corrected chi connectivity index (χ1v) is 9.57. The van der Waals surface area contributed by atoms with Crippen LogP contribution in [0.3, 0.4) is 0 Å². The lowest BCUT2D eigenvalue weighted by molar-refractivity contribution is -0.120. The molecule has 2 heterocycles. The van der Waals surface area contributed by atoms with E-state index in [9.17, 15) is 9.59 Å². The van der Waals surface area contributed by atoms with Gasteiger partial charge in [-0.25, -0.2) is 4.90 Å². The molecule has 0 bridgehead atoms. The van der Waals surface area contributed by atoms with E-state index in [-0.39, 0.29) is 11.8 Å². The third-order valence-corrected chi connectivity index (χ3v) is 5.58. The first-order valence-electron chi connectivity index (χ1n) is 9.57. The smallest absolute Gasteiger partial charge is 0.282 e. The van der Waals surface area contributed by atoms with Gasteiger partial charge in [-0.2, -0.15) is 0 Å². The fraction of sp³-hybridized carbons (Fsp3) is 0.304. The van der Waals surface area contributed by atoms with E-state index in [2.05, 4.69) is 11.8 Å². The van der Waals surface area contributed by atoms with Gasteiger partial charge in [-0.15, -0.1) is 0 Å². The van der Waals surface area contributed by atoms with Crippen molar-refractivity contribution in [3.8, 4) is 0 Å². The summed E-state index contributed by atoms with van der Waals surface area (Å²) >= 11 is 0. The Labute approximate surface area is 160 Å². The fourth-order valence-corrected chi connectivity index (χ4v) is 3.94. The standard InChI is InChI=1S/C23H24N2O2/c1-16-12-14-24(15-13-16)21-20(18-9-4-3-5-10-18)22(26)25(23(21)27)19-11-7-6-8-17(19)2/h3-11,16H,12-15H2,1-2H3. The van der Waals surface area contributed by atoms with Crippen molar-refractivity contribution in [1.29, 1.82) is 0 Å². The van der Waals surface area contributed by atoms with E-state index in [0.717, 1.165) is 37.1 Å². The van der Waals surface area contributed by atoms with Gasteiger partial charge in [0.1, 0.15) is 5.70 Å². The number of benzene rings is 2. The minimum Gasteiger partial charge on any atom is -0.366 e. The van der Waals surface area contributed by atoms with Crippen molar-refractivity contribution >= 4 is 23.1 Å².